The van der Waals surface area contributed by atoms with E-state index in [1.807, 2.05) is 0 Å². The summed E-state index contributed by atoms with van der Waals surface area (Å²) in [7, 11) is 0. The Morgan fingerprint density at radius 3 is 2.70 bits per heavy atom. The average Bonchev–Trinajstić information content (AvgIpc) is 2.40. The fourth-order valence-corrected chi connectivity index (χ4v) is 2.48. The van der Waals surface area contributed by atoms with Gasteiger partial charge in [0, 0.05) is 0 Å². The van der Waals surface area contributed by atoms with Gasteiger partial charge in [0.1, 0.15) is 0 Å². The Labute approximate surface area is 64.0 Å². The van der Waals surface area contributed by atoms with Gasteiger partial charge >= 0.3 is 0 Å². The van der Waals surface area contributed by atoms with Gasteiger partial charge in [0.15, 0.2) is 0 Å². The Morgan fingerprint density at radius 1 is 1.40 bits per heavy atom. The van der Waals surface area contributed by atoms with E-state index in [1.54, 1.807) is 19.3 Å². The molecule has 0 saturated heterocycles. The molecule has 2 fully saturated rings. The maximum absolute atomic E-state index is 3.86. The first-order valence-corrected chi connectivity index (χ1v) is 4.67. The van der Waals surface area contributed by atoms with Crippen LogP contribution in [-0.2, 0) is 0 Å². The van der Waals surface area contributed by atoms with Crippen LogP contribution in [0.15, 0.2) is 0 Å². The van der Waals surface area contributed by atoms with Gasteiger partial charge in [0.05, 0.1) is 0 Å². The minimum Gasteiger partial charge on any atom is -0.0533 e. The molecule has 0 nitrogen and oxygen atoms in total. The molecule has 2 aliphatic rings. The molecule has 57 valence electrons. The normalized spacial score (nSPS) is 42.3. The van der Waals surface area contributed by atoms with Gasteiger partial charge in [-0.3, -0.25) is 0 Å². The number of hydrogen-bond donors (Lipinski definition) is 0. The summed E-state index contributed by atoms with van der Waals surface area (Å²) in [6.45, 7) is 3.86. The summed E-state index contributed by atoms with van der Waals surface area (Å²) in [6, 6.07) is 0. The van der Waals surface area contributed by atoms with Gasteiger partial charge in [0.2, 0.25) is 0 Å². The van der Waals surface area contributed by atoms with Gasteiger partial charge in [-0.25, -0.2) is 0 Å². The molecule has 0 N–H and O–H groups in total. The van der Waals surface area contributed by atoms with Crippen LogP contribution in [-0.4, -0.2) is 0 Å². The molecule has 2 unspecified atom stereocenters. The van der Waals surface area contributed by atoms with E-state index >= 15 is 0 Å². The van der Waals surface area contributed by atoms with E-state index in [2.05, 4.69) is 6.92 Å². The number of hydrogen-bond acceptors (Lipinski definition) is 0. The Bertz CT molecular complexity index is 124. The smallest absolute Gasteiger partial charge is 0.0266 e. The lowest BCUT2D eigenvalue weighted by molar-refractivity contribution is 0.265. The Kier molecular flexibility index (Phi) is 1.51. The zero-order valence-electron chi connectivity index (χ0n) is 6.73. The lowest BCUT2D eigenvalue weighted by Crippen LogP contribution is -2.13. The van der Waals surface area contributed by atoms with Crippen molar-refractivity contribution in [1.82, 2.24) is 0 Å². The second-order valence-electron chi connectivity index (χ2n) is 4.11. The van der Waals surface area contributed by atoms with Crippen LogP contribution >= 0.6 is 0 Å². The predicted molar refractivity (Wildman–Crippen MR) is 43.6 cm³/mol. The van der Waals surface area contributed by atoms with E-state index in [0.29, 0.717) is 0 Å². The van der Waals surface area contributed by atoms with Crippen molar-refractivity contribution in [2.75, 3.05) is 0 Å². The minimum atomic E-state index is 0.912. The van der Waals surface area contributed by atoms with Gasteiger partial charge in [-0.05, 0) is 37.0 Å². The molecule has 1 radical (unpaired) electrons. The molecule has 2 aliphatic carbocycles. The lowest BCUT2D eigenvalue weighted by atomic mass is 9.81. The zero-order valence-corrected chi connectivity index (χ0v) is 6.73. The minimum absolute atomic E-state index is 0.912. The maximum Gasteiger partial charge on any atom is -0.0266 e. The number of fused-ring (bicyclic) bond motifs is 1. The van der Waals surface area contributed by atoms with Crippen LogP contribution < -0.4 is 0 Å². The molecular weight excluding hydrogens is 120 g/mol. The third kappa shape index (κ3) is 0.889. The van der Waals surface area contributed by atoms with Crippen molar-refractivity contribution in [3.63, 3.8) is 0 Å². The first-order chi connectivity index (χ1) is 4.87. The van der Waals surface area contributed by atoms with Crippen LogP contribution in [0.1, 0.15) is 44.9 Å². The molecule has 0 aromatic heterocycles. The highest BCUT2D eigenvalue weighted by molar-refractivity contribution is 5.09. The van der Waals surface area contributed by atoms with Gasteiger partial charge in [0.25, 0.3) is 0 Å². The summed E-state index contributed by atoms with van der Waals surface area (Å²) in [5.74, 6) is 1.18. The van der Waals surface area contributed by atoms with Crippen LogP contribution in [0, 0.1) is 18.3 Å². The number of unbranched alkanes of at least 4 members (excludes halogenated alkanes) is 2. The molecular formula is C10H17. The highest BCUT2D eigenvalue weighted by Crippen LogP contribution is 2.69. The largest absolute Gasteiger partial charge is 0.0533 e. The van der Waals surface area contributed by atoms with Crippen molar-refractivity contribution in [2.45, 2.75) is 44.9 Å². The second kappa shape index (κ2) is 2.25. The van der Waals surface area contributed by atoms with E-state index < -0.39 is 0 Å². The first kappa shape index (κ1) is 6.69. The molecule has 2 rings (SSSR count). The van der Waals surface area contributed by atoms with Crippen LogP contribution in [0.5, 0.6) is 0 Å². The first-order valence-electron chi connectivity index (χ1n) is 4.67. The Hall–Kier alpha value is 0. The summed E-state index contributed by atoms with van der Waals surface area (Å²) in [5, 5.41) is 0. The zero-order chi connectivity index (χ0) is 7.03. The molecule has 0 bridgehead atoms. The second-order valence-corrected chi connectivity index (χ2v) is 4.11. The summed E-state index contributed by atoms with van der Waals surface area (Å²) in [6.07, 6.45) is 10.1. The molecule has 2 saturated carbocycles. The molecule has 0 aromatic rings. The molecule has 0 heteroatoms. The third-order valence-corrected chi connectivity index (χ3v) is 3.52. The highest BCUT2D eigenvalue weighted by atomic mass is 14.6. The molecule has 10 heavy (non-hydrogen) atoms. The van der Waals surface area contributed by atoms with E-state index in [9.17, 15) is 0 Å². The third-order valence-electron chi connectivity index (χ3n) is 3.52. The predicted octanol–water partition coefficient (Wildman–Crippen LogP) is 3.18. The number of rotatable bonds is 4. The highest BCUT2D eigenvalue weighted by Gasteiger charge is 2.59. The summed E-state index contributed by atoms with van der Waals surface area (Å²) in [5.41, 5.74) is 0.912. The van der Waals surface area contributed by atoms with Gasteiger partial charge in [-0.1, -0.05) is 26.2 Å². The fourth-order valence-electron chi connectivity index (χ4n) is 2.48. The molecule has 0 aliphatic heterocycles. The summed E-state index contributed by atoms with van der Waals surface area (Å²) >= 11 is 0. The van der Waals surface area contributed by atoms with Crippen LogP contribution in [0.2, 0.25) is 0 Å². The topological polar surface area (TPSA) is 0 Å². The standard InChI is InChI=1S/C10H17/c1-2-3-4-6-10-7-5-9(10)8-10/h9H,1-8H2. The van der Waals surface area contributed by atoms with Gasteiger partial charge in [-0.2, -0.15) is 0 Å². The monoisotopic (exact) mass is 137 g/mol. The van der Waals surface area contributed by atoms with Gasteiger partial charge in [-0.15, -0.1) is 0 Å². The summed E-state index contributed by atoms with van der Waals surface area (Å²) in [4.78, 5) is 0. The molecule has 0 spiro atoms. The van der Waals surface area contributed by atoms with Crippen molar-refractivity contribution in [2.24, 2.45) is 11.3 Å². The van der Waals surface area contributed by atoms with Crippen molar-refractivity contribution in [3.8, 4) is 0 Å². The molecule has 0 aromatic carbocycles. The quantitative estimate of drug-likeness (QED) is 0.522. The Morgan fingerprint density at radius 2 is 2.30 bits per heavy atom. The van der Waals surface area contributed by atoms with Crippen molar-refractivity contribution in [3.05, 3.63) is 6.92 Å². The van der Waals surface area contributed by atoms with Crippen molar-refractivity contribution < 1.29 is 0 Å². The molecule has 0 amide bonds. The van der Waals surface area contributed by atoms with E-state index in [4.69, 9.17) is 0 Å². The van der Waals surface area contributed by atoms with E-state index in [-0.39, 0.29) is 0 Å². The van der Waals surface area contributed by atoms with E-state index in [0.717, 1.165) is 11.8 Å². The molecule has 0 heterocycles. The average molecular weight is 137 g/mol. The summed E-state index contributed by atoms with van der Waals surface area (Å²) < 4.78 is 0. The van der Waals surface area contributed by atoms with Crippen LogP contribution in [0.3, 0.4) is 0 Å². The molecule has 2 atom stereocenters. The van der Waals surface area contributed by atoms with Crippen molar-refractivity contribution >= 4 is 0 Å². The van der Waals surface area contributed by atoms with E-state index in [1.165, 1.54) is 25.2 Å². The lowest BCUT2D eigenvalue weighted by Gasteiger charge is -2.24. The van der Waals surface area contributed by atoms with Crippen LogP contribution in [0.4, 0.5) is 0 Å². The maximum atomic E-state index is 3.86. The Balaban J connectivity index is 1.63. The van der Waals surface area contributed by atoms with Crippen LogP contribution in [0.25, 0.3) is 0 Å². The van der Waals surface area contributed by atoms with Crippen molar-refractivity contribution in [1.29, 1.82) is 0 Å². The van der Waals surface area contributed by atoms with Gasteiger partial charge < -0.3 is 0 Å². The fraction of sp³-hybridized carbons (Fsp3) is 0.900. The SMILES string of the molecule is [CH2]CCCCC12CCC1C2.